The molecule has 26 heavy (non-hydrogen) atoms. The summed E-state index contributed by atoms with van der Waals surface area (Å²) in [7, 11) is 0. The molecule has 1 heterocycles. The molecule has 2 aromatic carbocycles. The number of rotatable bonds is 5. The minimum atomic E-state index is 0.0134. The smallest absolute Gasteiger partial charge is 0.174 e. The van der Waals surface area contributed by atoms with Crippen LogP contribution in [0, 0.1) is 29.6 Å². The van der Waals surface area contributed by atoms with Crippen molar-refractivity contribution >= 4 is 23.0 Å². The van der Waals surface area contributed by atoms with E-state index in [1.165, 1.54) is 16.9 Å². The molecule has 0 saturated carbocycles. The zero-order chi connectivity index (χ0) is 18.4. The lowest BCUT2D eigenvalue weighted by Gasteiger charge is -2.01. The molecule has 0 bridgehead atoms. The maximum absolute atomic E-state index is 9.52. The van der Waals surface area contributed by atoms with Gasteiger partial charge in [-0.3, -0.25) is 0 Å². The highest BCUT2D eigenvalue weighted by Crippen LogP contribution is 2.27. The third kappa shape index (κ3) is 4.16. The van der Waals surface area contributed by atoms with Gasteiger partial charge in [0.1, 0.15) is 22.9 Å². The zero-order valence-electron chi connectivity index (χ0n) is 14.1. The quantitative estimate of drug-likeness (QED) is 0.597. The van der Waals surface area contributed by atoms with E-state index < -0.39 is 0 Å². The summed E-state index contributed by atoms with van der Waals surface area (Å²) in [6, 6.07) is 19.6. The lowest BCUT2D eigenvalue weighted by atomic mass is 10.1. The number of hydrogen-bond donors (Lipinski definition) is 0. The Balaban J connectivity index is 1.83. The number of aromatic nitrogens is 1. The summed E-state index contributed by atoms with van der Waals surface area (Å²) in [5.41, 5.74) is 4.49. The first-order chi connectivity index (χ1) is 12.7. The summed E-state index contributed by atoms with van der Waals surface area (Å²) < 4.78 is 5.23. The number of ether oxygens (including phenoxy) is 1. The molecule has 0 amide bonds. The van der Waals surface area contributed by atoms with E-state index in [1.807, 2.05) is 54.8 Å². The van der Waals surface area contributed by atoms with Crippen LogP contribution in [0.4, 0.5) is 0 Å². The summed E-state index contributed by atoms with van der Waals surface area (Å²) in [6.45, 7) is 2.06. The molecule has 1 aromatic heterocycles. The molecule has 0 fully saturated rings. The SMILES string of the molecule is Cc1ccc(-c2csc(/C(C#N)=C/c3ccc(OCC#N)cc3)n2)cc1. The van der Waals surface area contributed by atoms with Crippen LogP contribution >= 0.6 is 11.3 Å². The summed E-state index contributed by atoms with van der Waals surface area (Å²) >= 11 is 1.45. The average Bonchev–Trinajstić information content (AvgIpc) is 3.16. The van der Waals surface area contributed by atoms with Gasteiger partial charge in [0.2, 0.25) is 0 Å². The van der Waals surface area contributed by atoms with E-state index in [2.05, 4.69) is 11.1 Å². The molecular formula is C21H15N3OS. The molecule has 5 heteroatoms. The molecule has 3 aromatic rings. The second-order valence-electron chi connectivity index (χ2n) is 5.59. The van der Waals surface area contributed by atoms with Crippen LogP contribution in [0.1, 0.15) is 16.1 Å². The monoisotopic (exact) mass is 357 g/mol. The molecular weight excluding hydrogens is 342 g/mol. The summed E-state index contributed by atoms with van der Waals surface area (Å²) in [5.74, 6) is 0.623. The maximum atomic E-state index is 9.52. The van der Waals surface area contributed by atoms with Gasteiger partial charge in [-0.15, -0.1) is 11.3 Å². The van der Waals surface area contributed by atoms with Gasteiger partial charge in [0.15, 0.2) is 6.61 Å². The summed E-state index contributed by atoms with van der Waals surface area (Å²) in [4.78, 5) is 4.60. The molecule has 0 atom stereocenters. The Morgan fingerprint density at radius 2 is 1.85 bits per heavy atom. The number of allylic oxidation sites excluding steroid dienone is 1. The highest BCUT2D eigenvalue weighted by molar-refractivity contribution is 7.11. The molecule has 0 aliphatic carbocycles. The Hall–Kier alpha value is -3.41. The normalized spacial score (nSPS) is 10.8. The average molecular weight is 357 g/mol. The van der Waals surface area contributed by atoms with Gasteiger partial charge in [0, 0.05) is 10.9 Å². The standard InChI is InChI=1S/C21H15N3OS/c1-15-2-6-17(7-3-15)20-14-26-21(24-20)18(13-23)12-16-4-8-19(9-5-16)25-11-10-22/h2-9,12,14H,11H2,1H3/b18-12+. The number of nitriles is 2. The molecule has 0 unspecified atom stereocenters. The Morgan fingerprint density at radius 1 is 1.12 bits per heavy atom. The summed E-state index contributed by atoms with van der Waals surface area (Å²) in [6.07, 6.45) is 1.80. The first kappa shape index (κ1) is 17.4. The fraction of sp³-hybridized carbons (Fsp3) is 0.0952. The zero-order valence-corrected chi connectivity index (χ0v) is 15.0. The Morgan fingerprint density at radius 3 is 2.50 bits per heavy atom. The van der Waals surface area contributed by atoms with Crippen LogP contribution in [0.3, 0.4) is 0 Å². The third-order valence-electron chi connectivity index (χ3n) is 3.70. The first-order valence-electron chi connectivity index (χ1n) is 7.94. The van der Waals surface area contributed by atoms with Gasteiger partial charge in [-0.1, -0.05) is 42.0 Å². The molecule has 0 saturated heterocycles. The highest BCUT2D eigenvalue weighted by Gasteiger charge is 2.09. The van der Waals surface area contributed by atoms with E-state index >= 15 is 0 Å². The topological polar surface area (TPSA) is 69.7 Å². The number of benzene rings is 2. The Kier molecular flexibility index (Phi) is 5.43. The van der Waals surface area contributed by atoms with Crippen molar-refractivity contribution in [2.24, 2.45) is 0 Å². The van der Waals surface area contributed by atoms with Gasteiger partial charge in [-0.2, -0.15) is 10.5 Å². The number of thiazole rings is 1. The minimum absolute atomic E-state index is 0.0134. The Labute approximate surface area is 156 Å². The number of hydrogen-bond acceptors (Lipinski definition) is 5. The van der Waals surface area contributed by atoms with Gasteiger partial charge in [0.25, 0.3) is 0 Å². The van der Waals surface area contributed by atoms with Crippen molar-refractivity contribution in [1.82, 2.24) is 4.98 Å². The van der Waals surface area contributed by atoms with Crippen molar-refractivity contribution in [2.45, 2.75) is 6.92 Å². The van der Waals surface area contributed by atoms with Crippen LogP contribution in [0.2, 0.25) is 0 Å². The van der Waals surface area contributed by atoms with Crippen molar-refractivity contribution in [3.05, 3.63) is 70.0 Å². The van der Waals surface area contributed by atoms with E-state index in [0.29, 0.717) is 16.3 Å². The van der Waals surface area contributed by atoms with Crippen LogP contribution in [-0.2, 0) is 0 Å². The Bertz CT molecular complexity index is 1000. The largest absolute Gasteiger partial charge is 0.479 e. The van der Waals surface area contributed by atoms with Crippen LogP contribution in [-0.4, -0.2) is 11.6 Å². The van der Waals surface area contributed by atoms with Crippen molar-refractivity contribution in [1.29, 1.82) is 10.5 Å². The molecule has 0 N–H and O–H groups in total. The fourth-order valence-corrected chi connectivity index (χ4v) is 3.13. The molecule has 3 rings (SSSR count). The van der Waals surface area contributed by atoms with Crippen LogP contribution in [0.25, 0.3) is 22.9 Å². The molecule has 0 spiro atoms. The van der Waals surface area contributed by atoms with Crippen LogP contribution in [0.5, 0.6) is 5.75 Å². The van der Waals surface area contributed by atoms with E-state index in [1.54, 1.807) is 18.2 Å². The second-order valence-corrected chi connectivity index (χ2v) is 6.45. The lowest BCUT2D eigenvalue weighted by molar-refractivity contribution is 0.368. The van der Waals surface area contributed by atoms with Gasteiger partial charge in [-0.25, -0.2) is 4.98 Å². The predicted molar refractivity (Wildman–Crippen MR) is 103 cm³/mol. The van der Waals surface area contributed by atoms with Crippen molar-refractivity contribution in [3.8, 4) is 29.1 Å². The highest BCUT2D eigenvalue weighted by atomic mass is 32.1. The molecule has 0 aliphatic rings. The van der Waals surface area contributed by atoms with E-state index in [9.17, 15) is 5.26 Å². The van der Waals surface area contributed by atoms with Crippen molar-refractivity contribution in [3.63, 3.8) is 0 Å². The van der Waals surface area contributed by atoms with Crippen molar-refractivity contribution in [2.75, 3.05) is 6.61 Å². The molecule has 126 valence electrons. The first-order valence-corrected chi connectivity index (χ1v) is 8.82. The second kappa shape index (κ2) is 8.11. The fourth-order valence-electron chi connectivity index (χ4n) is 2.34. The van der Waals surface area contributed by atoms with Gasteiger partial charge < -0.3 is 4.74 Å². The van der Waals surface area contributed by atoms with Gasteiger partial charge in [0.05, 0.1) is 11.3 Å². The van der Waals surface area contributed by atoms with Crippen molar-refractivity contribution < 1.29 is 4.74 Å². The third-order valence-corrected chi connectivity index (χ3v) is 4.57. The lowest BCUT2D eigenvalue weighted by Crippen LogP contribution is -1.92. The van der Waals surface area contributed by atoms with E-state index in [4.69, 9.17) is 10.00 Å². The van der Waals surface area contributed by atoms with Gasteiger partial charge in [-0.05, 0) is 30.7 Å². The number of aryl methyl sites for hydroxylation is 1. The molecule has 0 aliphatic heterocycles. The van der Waals surface area contributed by atoms with E-state index in [0.717, 1.165) is 16.8 Å². The molecule has 4 nitrogen and oxygen atoms in total. The van der Waals surface area contributed by atoms with Gasteiger partial charge >= 0.3 is 0 Å². The number of nitrogens with zero attached hydrogens (tertiary/aromatic N) is 3. The molecule has 0 radical (unpaired) electrons. The van der Waals surface area contributed by atoms with Crippen LogP contribution < -0.4 is 4.74 Å². The predicted octanol–water partition coefficient (Wildman–Crippen LogP) is 5.09. The summed E-state index contributed by atoms with van der Waals surface area (Å²) in [5, 5.41) is 20.7. The van der Waals surface area contributed by atoms with Crippen LogP contribution in [0.15, 0.2) is 53.9 Å². The minimum Gasteiger partial charge on any atom is -0.479 e. The maximum Gasteiger partial charge on any atom is 0.174 e. The van der Waals surface area contributed by atoms with E-state index in [-0.39, 0.29) is 6.61 Å².